The minimum absolute atomic E-state index is 0.0576. The molecular formula is C10H13NO3S. The van der Waals surface area contributed by atoms with Gasteiger partial charge in [0.1, 0.15) is 17.3 Å². The van der Waals surface area contributed by atoms with Crippen LogP contribution >= 0.6 is 0 Å². The van der Waals surface area contributed by atoms with Gasteiger partial charge in [0, 0.05) is 23.6 Å². The Morgan fingerprint density at radius 1 is 1.33 bits per heavy atom. The van der Waals surface area contributed by atoms with Crippen molar-refractivity contribution in [2.75, 3.05) is 0 Å². The maximum absolute atomic E-state index is 11.4. The quantitative estimate of drug-likeness (QED) is 0.819. The third-order valence-corrected chi connectivity index (χ3v) is 4.53. The Labute approximate surface area is 88.4 Å². The molecule has 4 nitrogen and oxygen atoms in total. The maximum Gasteiger partial charge on any atom is 0.161 e. The van der Waals surface area contributed by atoms with Gasteiger partial charge in [-0.2, -0.15) is 0 Å². The highest BCUT2D eigenvalue weighted by Crippen LogP contribution is 2.46. The van der Waals surface area contributed by atoms with Crippen LogP contribution in [0.3, 0.4) is 0 Å². The molecule has 0 saturated heterocycles. The third-order valence-electron chi connectivity index (χ3n) is 3.10. The van der Waals surface area contributed by atoms with Gasteiger partial charge in [-0.3, -0.25) is 0 Å². The Kier molecular flexibility index (Phi) is 1.79. The maximum atomic E-state index is 11.4. The molecule has 1 saturated carbocycles. The molecule has 0 radical (unpaired) electrons. The van der Waals surface area contributed by atoms with Crippen molar-refractivity contribution in [3.63, 3.8) is 0 Å². The molecule has 2 N–H and O–H groups in total. The summed E-state index contributed by atoms with van der Waals surface area (Å²) in [4.78, 5) is 0. The number of rotatable bonds is 2. The standard InChI is InChI=1S/C10H13NO3S/c11-3-7-8-4-15(12,13)5-9(8)14-10(7)6-1-2-6/h6H,1-5,11H2. The van der Waals surface area contributed by atoms with Gasteiger partial charge >= 0.3 is 0 Å². The SMILES string of the molecule is NCc1c(C2CC2)oc2c1CS(=O)(=O)C2. The molecule has 82 valence electrons. The van der Waals surface area contributed by atoms with E-state index in [2.05, 4.69) is 0 Å². The fourth-order valence-corrected chi connectivity index (χ4v) is 3.74. The van der Waals surface area contributed by atoms with Crippen LogP contribution in [0.15, 0.2) is 4.42 Å². The summed E-state index contributed by atoms with van der Waals surface area (Å²) in [6.45, 7) is 0.389. The lowest BCUT2D eigenvalue weighted by Crippen LogP contribution is -2.03. The average molecular weight is 227 g/mol. The number of hydrogen-bond donors (Lipinski definition) is 1. The average Bonchev–Trinajstić information content (AvgIpc) is 2.86. The van der Waals surface area contributed by atoms with Gasteiger partial charge in [-0.15, -0.1) is 0 Å². The van der Waals surface area contributed by atoms with Crippen LogP contribution in [0, 0.1) is 0 Å². The van der Waals surface area contributed by atoms with Crippen LogP contribution in [0.1, 0.15) is 41.4 Å². The van der Waals surface area contributed by atoms with Crippen LogP contribution in [-0.4, -0.2) is 8.42 Å². The molecule has 0 unspecified atom stereocenters. The van der Waals surface area contributed by atoms with Gasteiger partial charge in [-0.05, 0) is 12.8 Å². The zero-order chi connectivity index (χ0) is 10.6. The molecule has 2 heterocycles. The molecule has 0 amide bonds. The second-order valence-corrected chi connectivity index (χ2v) is 6.42. The molecule has 1 aliphatic carbocycles. The molecular weight excluding hydrogens is 214 g/mol. The Morgan fingerprint density at radius 3 is 2.67 bits per heavy atom. The molecule has 1 aromatic heterocycles. The normalized spacial score (nSPS) is 23.0. The first kappa shape index (κ1) is 9.42. The lowest BCUT2D eigenvalue weighted by Gasteiger charge is -1.99. The van der Waals surface area contributed by atoms with E-state index in [4.69, 9.17) is 10.2 Å². The van der Waals surface area contributed by atoms with Crippen LogP contribution in [-0.2, 0) is 27.9 Å². The van der Waals surface area contributed by atoms with Gasteiger partial charge in [-0.1, -0.05) is 0 Å². The molecule has 1 aliphatic heterocycles. The summed E-state index contributed by atoms with van der Waals surface area (Å²) < 4.78 is 28.5. The summed E-state index contributed by atoms with van der Waals surface area (Å²) >= 11 is 0. The molecule has 1 fully saturated rings. The Balaban J connectivity index is 2.10. The monoisotopic (exact) mass is 227 g/mol. The zero-order valence-corrected chi connectivity index (χ0v) is 9.14. The first-order valence-corrected chi connectivity index (χ1v) is 6.96. The second kappa shape index (κ2) is 2.86. The van der Waals surface area contributed by atoms with E-state index >= 15 is 0 Å². The van der Waals surface area contributed by atoms with Crippen molar-refractivity contribution in [3.05, 3.63) is 22.6 Å². The Bertz CT molecular complexity index is 511. The van der Waals surface area contributed by atoms with Gasteiger partial charge in [0.15, 0.2) is 9.84 Å². The molecule has 1 aromatic rings. The Morgan fingerprint density at radius 2 is 2.07 bits per heavy atom. The summed E-state index contributed by atoms with van der Waals surface area (Å²) in [5.41, 5.74) is 7.47. The minimum Gasteiger partial charge on any atom is -0.464 e. The Hall–Kier alpha value is -0.810. The second-order valence-electron chi connectivity index (χ2n) is 4.36. The highest BCUT2D eigenvalue weighted by atomic mass is 32.2. The van der Waals surface area contributed by atoms with E-state index in [1.165, 1.54) is 0 Å². The van der Waals surface area contributed by atoms with Gasteiger partial charge < -0.3 is 10.2 Å². The van der Waals surface area contributed by atoms with Gasteiger partial charge in [0.2, 0.25) is 0 Å². The van der Waals surface area contributed by atoms with E-state index in [9.17, 15) is 8.42 Å². The van der Waals surface area contributed by atoms with Crippen molar-refractivity contribution < 1.29 is 12.8 Å². The predicted molar refractivity (Wildman–Crippen MR) is 54.9 cm³/mol. The van der Waals surface area contributed by atoms with Crippen molar-refractivity contribution >= 4 is 9.84 Å². The number of fused-ring (bicyclic) bond motifs is 1. The fourth-order valence-electron chi connectivity index (χ4n) is 2.23. The summed E-state index contributed by atoms with van der Waals surface area (Å²) in [6.07, 6.45) is 2.29. The molecule has 0 aromatic carbocycles. The molecule has 0 atom stereocenters. The van der Waals surface area contributed by atoms with E-state index in [-0.39, 0.29) is 11.5 Å². The number of sulfone groups is 1. The van der Waals surface area contributed by atoms with E-state index in [1.807, 2.05) is 0 Å². The summed E-state index contributed by atoms with van der Waals surface area (Å²) in [5, 5.41) is 0. The lowest BCUT2D eigenvalue weighted by atomic mass is 10.1. The van der Waals surface area contributed by atoms with Crippen molar-refractivity contribution in [3.8, 4) is 0 Å². The molecule has 5 heteroatoms. The van der Waals surface area contributed by atoms with Crippen LogP contribution in [0.25, 0.3) is 0 Å². The molecule has 0 spiro atoms. The van der Waals surface area contributed by atoms with E-state index in [1.54, 1.807) is 0 Å². The van der Waals surface area contributed by atoms with Crippen molar-refractivity contribution in [2.24, 2.45) is 5.73 Å². The van der Waals surface area contributed by atoms with Gasteiger partial charge in [-0.25, -0.2) is 8.42 Å². The summed E-state index contributed by atoms with van der Waals surface area (Å²) in [7, 11) is -2.97. The van der Waals surface area contributed by atoms with Crippen LogP contribution in [0.4, 0.5) is 0 Å². The van der Waals surface area contributed by atoms with Crippen molar-refractivity contribution in [2.45, 2.75) is 36.8 Å². The highest BCUT2D eigenvalue weighted by molar-refractivity contribution is 7.90. The largest absolute Gasteiger partial charge is 0.464 e. The predicted octanol–water partition coefficient (Wildman–Crippen LogP) is 1.04. The summed E-state index contributed by atoms with van der Waals surface area (Å²) in [5.74, 6) is 2.26. The number of furan rings is 1. The number of nitrogens with two attached hydrogens (primary N) is 1. The highest BCUT2D eigenvalue weighted by Gasteiger charge is 2.37. The van der Waals surface area contributed by atoms with E-state index in [0.29, 0.717) is 18.2 Å². The smallest absolute Gasteiger partial charge is 0.161 e. The number of hydrogen-bond acceptors (Lipinski definition) is 4. The minimum atomic E-state index is -2.97. The topological polar surface area (TPSA) is 73.3 Å². The van der Waals surface area contributed by atoms with Gasteiger partial charge in [0.25, 0.3) is 0 Å². The van der Waals surface area contributed by atoms with E-state index in [0.717, 1.165) is 29.7 Å². The zero-order valence-electron chi connectivity index (χ0n) is 8.32. The van der Waals surface area contributed by atoms with Crippen LogP contribution in [0.2, 0.25) is 0 Å². The third kappa shape index (κ3) is 1.41. The molecule has 3 rings (SSSR count). The fraction of sp³-hybridized carbons (Fsp3) is 0.600. The molecule has 15 heavy (non-hydrogen) atoms. The first-order chi connectivity index (χ1) is 7.11. The summed E-state index contributed by atoms with van der Waals surface area (Å²) in [6, 6.07) is 0. The van der Waals surface area contributed by atoms with E-state index < -0.39 is 9.84 Å². The molecule has 2 aliphatic rings. The first-order valence-electron chi connectivity index (χ1n) is 5.14. The molecule has 0 bridgehead atoms. The van der Waals surface area contributed by atoms with Crippen LogP contribution in [0.5, 0.6) is 0 Å². The lowest BCUT2D eigenvalue weighted by molar-refractivity contribution is 0.476. The van der Waals surface area contributed by atoms with Gasteiger partial charge in [0.05, 0.1) is 5.75 Å². The van der Waals surface area contributed by atoms with Crippen LogP contribution < -0.4 is 5.73 Å². The van der Waals surface area contributed by atoms with Crippen molar-refractivity contribution in [1.82, 2.24) is 0 Å². The van der Waals surface area contributed by atoms with Crippen molar-refractivity contribution in [1.29, 1.82) is 0 Å².